The van der Waals surface area contributed by atoms with Crippen LogP contribution in [0.15, 0.2) is 66.7 Å². The summed E-state index contributed by atoms with van der Waals surface area (Å²) in [5.74, 6) is 0.0161. The van der Waals surface area contributed by atoms with Gasteiger partial charge in [0.25, 0.3) is 0 Å². The molecule has 0 saturated carbocycles. The third kappa shape index (κ3) is 3.73. The molecule has 37 heavy (non-hydrogen) atoms. The van der Waals surface area contributed by atoms with Gasteiger partial charge >= 0.3 is 0 Å². The third-order valence-electron chi connectivity index (χ3n) is 7.34. The van der Waals surface area contributed by atoms with Gasteiger partial charge in [0.2, 0.25) is 0 Å². The summed E-state index contributed by atoms with van der Waals surface area (Å²) in [4.78, 5) is 16.2. The second kappa shape index (κ2) is 9.32. The number of ketones is 1. The summed E-state index contributed by atoms with van der Waals surface area (Å²) < 4.78 is 10.9. The Morgan fingerprint density at radius 3 is 2.32 bits per heavy atom. The Morgan fingerprint density at radius 1 is 0.973 bits per heavy atom. The van der Waals surface area contributed by atoms with Crippen LogP contribution in [0, 0.1) is 35.0 Å². The molecule has 0 N–H and O–H groups in total. The van der Waals surface area contributed by atoms with Crippen molar-refractivity contribution in [2.24, 2.45) is 5.41 Å². The van der Waals surface area contributed by atoms with E-state index in [4.69, 9.17) is 21.1 Å². The maximum atomic E-state index is 14.3. The second-order valence-corrected chi connectivity index (χ2v) is 9.71. The van der Waals surface area contributed by atoms with Crippen LogP contribution in [0.2, 0.25) is 5.02 Å². The van der Waals surface area contributed by atoms with Crippen LogP contribution < -0.4 is 14.4 Å². The molecule has 3 aromatic carbocycles. The number of hydrogen-bond donors (Lipinski definition) is 0. The van der Waals surface area contributed by atoms with E-state index in [1.54, 1.807) is 43.5 Å². The van der Waals surface area contributed by atoms with Crippen molar-refractivity contribution >= 4 is 29.1 Å². The van der Waals surface area contributed by atoms with Gasteiger partial charge in [-0.1, -0.05) is 59.6 Å². The number of carbonyl (C=O) groups excluding carboxylic acids is 1. The van der Waals surface area contributed by atoms with Gasteiger partial charge in [0.05, 0.1) is 32.4 Å². The summed E-state index contributed by atoms with van der Waals surface area (Å²) in [6, 6.07) is 21.2. The van der Waals surface area contributed by atoms with E-state index in [1.807, 2.05) is 48.2 Å². The molecule has 2 aliphatic heterocycles. The number of rotatable bonds is 5. The van der Waals surface area contributed by atoms with E-state index >= 15 is 0 Å². The van der Waals surface area contributed by atoms with E-state index < -0.39 is 23.4 Å². The number of ether oxygens (including phenoxy) is 2. The Morgan fingerprint density at radius 2 is 1.68 bits per heavy atom. The van der Waals surface area contributed by atoms with Crippen molar-refractivity contribution in [3.8, 4) is 23.6 Å². The lowest BCUT2D eigenvalue weighted by Crippen LogP contribution is -2.44. The monoisotopic (exact) mass is 509 g/mol. The van der Waals surface area contributed by atoms with Crippen molar-refractivity contribution in [1.82, 2.24) is 0 Å². The van der Waals surface area contributed by atoms with Crippen LogP contribution in [0.1, 0.15) is 33.0 Å². The second-order valence-electron chi connectivity index (χ2n) is 9.27. The summed E-state index contributed by atoms with van der Waals surface area (Å²) in [6.07, 6.45) is 3.71. The summed E-state index contributed by atoms with van der Waals surface area (Å²) >= 11 is 6.28. The molecular formula is C30H24ClN3O3. The van der Waals surface area contributed by atoms with Crippen molar-refractivity contribution in [3.63, 3.8) is 0 Å². The van der Waals surface area contributed by atoms with Gasteiger partial charge in [0, 0.05) is 22.2 Å². The van der Waals surface area contributed by atoms with Gasteiger partial charge in [-0.2, -0.15) is 10.5 Å². The standard InChI is InChI=1S/C30H24ClN3O3/c1-18-4-6-19(7-5-18)29(35)28-27(21-8-12-24(36-2)25(15-21)37-3)30(16-32,17-33)26-13-9-20-14-22(31)10-11-23(20)34(26)28/h4-15,26-28H,1-3H3/t26-,27-,28+/m1/s1. The quantitative estimate of drug-likeness (QED) is 0.395. The zero-order chi connectivity index (χ0) is 26.3. The van der Waals surface area contributed by atoms with E-state index in [1.165, 1.54) is 7.11 Å². The van der Waals surface area contributed by atoms with E-state index in [0.717, 1.165) is 16.8 Å². The van der Waals surface area contributed by atoms with Crippen LogP contribution >= 0.6 is 11.6 Å². The van der Waals surface area contributed by atoms with Gasteiger partial charge < -0.3 is 14.4 Å². The Hall–Kier alpha value is -4.26. The van der Waals surface area contributed by atoms with Crippen molar-refractivity contribution in [2.45, 2.75) is 24.9 Å². The van der Waals surface area contributed by atoms with Gasteiger partial charge in [0.1, 0.15) is 6.04 Å². The van der Waals surface area contributed by atoms with Gasteiger partial charge in [-0.3, -0.25) is 4.79 Å². The highest BCUT2D eigenvalue weighted by atomic mass is 35.5. The summed E-state index contributed by atoms with van der Waals surface area (Å²) in [5.41, 5.74) is 2.20. The lowest BCUT2D eigenvalue weighted by molar-refractivity contribution is 0.0951. The van der Waals surface area contributed by atoms with Crippen LogP contribution in [-0.4, -0.2) is 32.1 Å². The number of nitriles is 2. The lowest BCUT2D eigenvalue weighted by atomic mass is 9.69. The fraction of sp³-hybridized carbons (Fsp3) is 0.233. The maximum absolute atomic E-state index is 14.3. The van der Waals surface area contributed by atoms with Crippen LogP contribution in [0.5, 0.6) is 11.5 Å². The van der Waals surface area contributed by atoms with E-state index in [0.29, 0.717) is 27.6 Å². The van der Waals surface area contributed by atoms with Crippen LogP contribution in [0.25, 0.3) is 6.08 Å². The summed E-state index contributed by atoms with van der Waals surface area (Å²) in [5, 5.41) is 21.7. The molecule has 0 aromatic heterocycles. The van der Waals surface area contributed by atoms with Crippen LogP contribution in [0.3, 0.4) is 0 Å². The molecule has 0 aliphatic carbocycles. The minimum atomic E-state index is -1.56. The first-order valence-corrected chi connectivity index (χ1v) is 12.2. The first kappa shape index (κ1) is 24.4. The molecule has 1 fully saturated rings. The smallest absolute Gasteiger partial charge is 0.185 e. The summed E-state index contributed by atoms with van der Waals surface area (Å²) in [6.45, 7) is 1.96. The minimum Gasteiger partial charge on any atom is -0.493 e. The molecular weight excluding hydrogens is 486 g/mol. The molecule has 2 heterocycles. The molecule has 5 rings (SSSR count). The zero-order valence-corrected chi connectivity index (χ0v) is 21.4. The Kier molecular flexibility index (Phi) is 6.15. The van der Waals surface area contributed by atoms with Crippen molar-refractivity contribution in [3.05, 3.63) is 94.0 Å². The average molecular weight is 510 g/mol. The predicted molar refractivity (Wildman–Crippen MR) is 142 cm³/mol. The van der Waals surface area contributed by atoms with Crippen molar-refractivity contribution in [1.29, 1.82) is 10.5 Å². The molecule has 7 heteroatoms. The van der Waals surface area contributed by atoms with Crippen molar-refractivity contribution in [2.75, 3.05) is 19.1 Å². The molecule has 184 valence electrons. The zero-order valence-electron chi connectivity index (χ0n) is 20.6. The number of hydrogen-bond acceptors (Lipinski definition) is 6. The van der Waals surface area contributed by atoms with Gasteiger partial charge in [-0.05, 0) is 48.4 Å². The SMILES string of the molecule is COc1ccc([C@@H]2[C@@H](C(=O)c3ccc(C)cc3)N3c4ccc(Cl)cc4C=C[C@@H]3C2(C#N)C#N)cc1OC. The number of halogens is 1. The Balaban J connectivity index is 1.79. The number of fused-ring (bicyclic) bond motifs is 3. The molecule has 6 nitrogen and oxygen atoms in total. The Bertz CT molecular complexity index is 1490. The molecule has 0 spiro atoms. The minimum absolute atomic E-state index is 0.173. The van der Waals surface area contributed by atoms with Crippen LogP contribution in [-0.2, 0) is 0 Å². The highest BCUT2D eigenvalue weighted by Gasteiger charge is 2.63. The fourth-order valence-corrected chi connectivity index (χ4v) is 5.75. The molecule has 0 amide bonds. The number of aryl methyl sites for hydroxylation is 1. The van der Waals surface area contributed by atoms with Gasteiger partial charge in [-0.25, -0.2) is 0 Å². The fourth-order valence-electron chi connectivity index (χ4n) is 5.57. The number of nitrogens with zero attached hydrogens (tertiary/aromatic N) is 3. The normalized spacial score (nSPS) is 20.8. The number of anilines is 1. The van der Waals surface area contributed by atoms with E-state index in [2.05, 4.69) is 12.1 Å². The maximum Gasteiger partial charge on any atom is 0.185 e. The topological polar surface area (TPSA) is 86.4 Å². The first-order valence-electron chi connectivity index (χ1n) is 11.8. The van der Waals surface area contributed by atoms with Crippen LogP contribution in [0.4, 0.5) is 5.69 Å². The molecule has 0 bridgehead atoms. The molecule has 3 atom stereocenters. The van der Waals surface area contributed by atoms with E-state index in [-0.39, 0.29) is 5.78 Å². The van der Waals surface area contributed by atoms with Crippen molar-refractivity contribution < 1.29 is 14.3 Å². The lowest BCUT2D eigenvalue weighted by Gasteiger charge is -2.35. The molecule has 3 aromatic rings. The highest BCUT2D eigenvalue weighted by Crippen LogP contribution is 2.56. The third-order valence-corrected chi connectivity index (χ3v) is 7.57. The number of Topliss-reactive ketones (excluding diaryl/α,β-unsaturated/α-hetero) is 1. The summed E-state index contributed by atoms with van der Waals surface area (Å²) in [7, 11) is 3.07. The Labute approximate surface area is 220 Å². The van der Waals surface area contributed by atoms with E-state index in [9.17, 15) is 15.3 Å². The van der Waals surface area contributed by atoms with Gasteiger partial charge in [-0.15, -0.1) is 0 Å². The molecule has 0 radical (unpaired) electrons. The predicted octanol–water partition coefficient (Wildman–Crippen LogP) is 5.95. The molecule has 2 aliphatic rings. The molecule has 0 unspecified atom stereocenters. The number of benzene rings is 3. The largest absolute Gasteiger partial charge is 0.493 e. The number of methoxy groups -OCH3 is 2. The molecule has 1 saturated heterocycles. The average Bonchev–Trinajstić information content (AvgIpc) is 3.23. The highest BCUT2D eigenvalue weighted by molar-refractivity contribution is 6.30. The number of carbonyl (C=O) groups is 1. The van der Waals surface area contributed by atoms with Gasteiger partial charge in [0.15, 0.2) is 22.7 Å². The first-order chi connectivity index (χ1) is 17.9.